The number of rotatable bonds is 6. The molecule has 55 heavy (non-hydrogen) atoms. The van der Waals surface area contributed by atoms with Gasteiger partial charge in [0.1, 0.15) is 16.7 Å². The van der Waals surface area contributed by atoms with Crippen molar-refractivity contribution in [2.75, 3.05) is 4.90 Å². The highest BCUT2D eigenvalue weighted by atomic mass is 16.3. The maximum atomic E-state index is 9.64. The molecule has 9 aromatic carbocycles. The summed E-state index contributed by atoms with van der Waals surface area (Å²) in [6.07, 6.45) is 0. The van der Waals surface area contributed by atoms with Crippen LogP contribution in [0.3, 0.4) is 0 Å². The summed E-state index contributed by atoms with van der Waals surface area (Å²) >= 11 is 0. The number of hydrogen-bond acceptors (Lipinski definition) is 4. The van der Waals surface area contributed by atoms with Gasteiger partial charge in [0.05, 0.1) is 43.9 Å². The van der Waals surface area contributed by atoms with E-state index in [9.17, 15) is 19.2 Å². The van der Waals surface area contributed by atoms with Crippen molar-refractivity contribution in [3.05, 3.63) is 193 Å². The second kappa shape index (κ2) is 12.6. The average molecular weight is 737 g/mol. The van der Waals surface area contributed by atoms with E-state index in [-0.39, 0.29) is 0 Å². The number of hydrogen-bond donors (Lipinski definition) is 0. The standard InChI is InChI=1S/C51H32N2O2/c1-2-10-33(11-3-1)35-18-24-39(25-19-35)53(41-28-22-34-12-4-5-13-37(34)30-41)40-26-20-36(21-27-40)38-23-29-43-45-32-46(51-52-47-16-8-9-17-48(47)55-51)42-14-6-7-15-44(42)50(45)54-49(43)31-38/h1-32H/i1D,2D,3D,4D,5D,6D,7D,8D,9D,10D,11D,12D,13D,14D,15D,16D,17D,18D,19D,20D,21D,22D,23D,24D,25D,26D,27D,28D,29D,30D,31D,32D. The summed E-state index contributed by atoms with van der Waals surface area (Å²) in [5.74, 6) is -0.661. The molecular formula is C51H32N2O2. The van der Waals surface area contributed by atoms with Crippen LogP contribution in [0.1, 0.15) is 43.9 Å². The Hall–Kier alpha value is -7.43. The number of benzene rings is 9. The monoisotopic (exact) mass is 736 g/mol. The van der Waals surface area contributed by atoms with Crippen LogP contribution in [-0.2, 0) is 0 Å². The summed E-state index contributed by atoms with van der Waals surface area (Å²) < 4.78 is 298. The molecule has 0 unspecified atom stereocenters. The van der Waals surface area contributed by atoms with Crippen molar-refractivity contribution in [2.24, 2.45) is 0 Å². The highest BCUT2D eigenvalue weighted by Crippen LogP contribution is 2.42. The lowest BCUT2D eigenvalue weighted by Gasteiger charge is -2.26. The van der Waals surface area contributed by atoms with Crippen LogP contribution in [0, 0.1) is 0 Å². The molecular weight excluding hydrogens is 673 g/mol. The minimum absolute atomic E-state index is 0.326. The average Bonchev–Trinajstić information content (AvgIpc) is 1.68. The van der Waals surface area contributed by atoms with Crippen molar-refractivity contribution in [2.45, 2.75) is 0 Å². The van der Waals surface area contributed by atoms with Crippen molar-refractivity contribution in [3.8, 4) is 33.7 Å². The Bertz CT molecular complexity index is 4960. The van der Waals surface area contributed by atoms with Gasteiger partial charge in [0, 0.05) is 38.8 Å². The molecule has 0 spiro atoms. The van der Waals surface area contributed by atoms with Crippen LogP contribution >= 0.6 is 0 Å². The Labute approximate surface area is 362 Å². The van der Waals surface area contributed by atoms with E-state index in [2.05, 4.69) is 4.98 Å². The van der Waals surface area contributed by atoms with Gasteiger partial charge in [-0.05, 0) is 105 Å². The van der Waals surface area contributed by atoms with Crippen LogP contribution in [0.5, 0.6) is 0 Å². The number of furan rings is 1. The molecule has 4 nitrogen and oxygen atoms in total. The fourth-order valence-corrected chi connectivity index (χ4v) is 5.80. The quantitative estimate of drug-likeness (QED) is 0.170. The molecule has 0 amide bonds. The number of fused-ring (bicyclic) bond motifs is 7. The maximum Gasteiger partial charge on any atom is 0.227 e. The predicted octanol–water partition coefficient (Wildman–Crippen LogP) is 14.5. The van der Waals surface area contributed by atoms with Gasteiger partial charge in [-0.1, -0.05) is 127 Å². The molecule has 0 saturated carbocycles. The molecule has 0 saturated heterocycles. The van der Waals surface area contributed by atoms with Crippen LogP contribution in [0.15, 0.2) is 202 Å². The third-order valence-electron chi connectivity index (χ3n) is 8.27. The number of para-hydroxylation sites is 2. The summed E-state index contributed by atoms with van der Waals surface area (Å²) in [4.78, 5) is 4.56. The Kier molecular flexibility index (Phi) is 2.95. The number of aromatic nitrogens is 1. The first kappa shape index (κ1) is 12.9. The van der Waals surface area contributed by atoms with Gasteiger partial charge in [0.2, 0.25) is 5.89 Å². The topological polar surface area (TPSA) is 42.4 Å². The zero-order chi connectivity index (χ0) is 64.1. The first-order chi connectivity index (χ1) is 40.6. The van der Waals surface area contributed by atoms with E-state index in [0.29, 0.717) is 4.90 Å². The van der Waals surface area contributed by atoms with Gasteiger partial charge in [-0.2, -0.15) is 0 Å². The molecule has 0 aliphatic carbocycles. The molecule has 0 fully saturated rings. The SMILES string of the molecule is [2H]c1c([2H])c([2H])c(-c2c([2H])c([2H])c(N(c3c([2H])c([2H])c(-c4c([2H])c([2H])c5c(oc6c7c([2H])c([2H])c([2H])c([2H])c7c(-c7nc8c([2H])c([2H])c([2H])c([2H])c8o7)c([2H])c65)c4[2H])c([2H])c3[2H])c3c([2H])c([2H])c4c([2H])c([2H])c([2H])c([2H])c4c3[2H])c([2H])c2[2H])c([2H])c1[2H]. The fourth-order valence-electron chi connectivity index (χ4n) is 5.80. The third-order valence-corrected chi connectivity index (χ3v) is 8.27. The molecule has 0 aliphatic heterocycles. The van der Waals surface area contributed by atoms with Crippen LogP contribution in [0.4, 0.5) is 17.1 Å². The molecule has 0 radical (unpaired) electrons. The molecule has 0 bridgehead atoms. The Morgan fingerprint density at radius 2 is 1.02 bits per heavy atom. The second-order valence-corrected chi connectivity index (χ2v) is 11.5. The van der Waals surface area contributed by atoms with Crippen molar-refractivity contribution in [3.63, 3.8) is 0 Å². The lowest BCUT2D eigenvalue weighted by molar-refractivity contribution is 0.620. The van der Waals surface area contributed by atoms with E-state index >= 15 is 0 Å². The zero-order valence-corrected chi connectivity index (χ0v) is 27.2. The van der Waals surface area contributed by atoms with Gasteiger partial charge in [-0.15, -0.1) is 0 Å². The second-order valence-electron chi connectivity index (χ2n) is 11.5. The number of oxazole rings is 1. The van der Waals surface area contributed by atoms with E-state index in [4.69, 9.17) is 33.5 Å². The van der Waals surface area contributed by atoms with Gasteiger partial charge in [0.25, 0.3) is 0 Å². The number of anilines is 3. The van der Waals surface area contributed by atoms with E-state index in [1.54, 1.807) is 0 Å². The first-order valence-electron chi connectivity index (χ1n) is 31.9. The summed E-state index contributed by atoms with van der Waals surface area (Å²) in [5, 5.41) is -3.58. The third kappa shape index (κ3) is 5.34. The largest absolute Gasteiger partial charge is 0.455 e. The number of nitrogens with zero attached hydrogens (tertiary/aromatic N) is 2. The van der Waals surface area contributed by atoms with Crippen molar-refractivity contribution < 1.29 is 52.7 Å². The maximum absolute atomic E-state index is 9.64. The molecule has 258 valence electrons. The van der Waals surface area contributed by atoms with Crippen molar-refractivity contribution >= 4 is 71.6 Å². The molecule has 2 heterocycles. The molecule has 0 N–H and O–H groups in total. The Morgan fingerprint density at radius 1 is 0.400 bits per heavy atom. The van der Waals surface area contributed by atoms with Crippen molar-refractivity contribution in [1.29, 1.82) is 0 Å². The highest BCUT2D eigenvalue weighted by molar-refractivity contribution is 6.19. The van der Waals surface area contributed by atoms with Crippen LogP contribution < -0.4 is 4.90 Å². The summed E-state index contributed by atoms with van der Waals surface area (Å²) in [6, 6.07) is -31.7. The van der Waals surface area contributed by atoms with E-state index in [1.807, 2.05) is 0 Å². The van der Waals surface area contributed by atoms with Crippen molar-refractivity contribution in [1.82, 2.24) is 4.98 Å². The van der Waals surface area contributed by atoms with Gasteiger partial charge < -0.3 is 13.7 Å². The van der Waals surface area contributed by atoms with Gasteiger partial charge >= 0.3 is 0 Å². The first-order valence-corrected chi connectivity index (χ1v) is 15.9. The summed E-state index contributed by atoms with van der Waals surface area (Å²) in [7, 11) is 0. The Morgan fingerprint density at radius 3 is 1.82 bits per heavy atom. The molecule has 0 atom stereocenters. The van der Waals surface area contributed by atoms with E-state index in [0.717, 1.165) is 0 Å². The highest BCUT2D eigenvalue weighted by Gasteiger charge is 2.19. The fraction of sp³-hybridized carbons (Fsp3) is 0. The predicted molar refractivity (Wildman–Crippen MR) is 227 cm³/mol. The van der Waals surface area contributed by atoms with Gasteiger partial charge in [-0.3, -0.25) is 0 Å². The minimum Gasteiger partial charge on any atom is -0.455 e. The van der Waals surface area contributed by atoms with Crippen LogP contribution in [0.2, 0.25) is 0 Å². The summed E-state index contributed by atoms with van der Waals surface area (Å²) in [6.45, 7) is 0. The van der Waals surface area contributed by atoms with E-state index < -0.39 is 299 Å². The van der Waals surface area contributed by atoms with Gasteiger partial charge in [-0.25, -0.2) is 4.98 Å². The lowest BCUT2D eigenvalue weighted by Crippen LogP contribution is -2.09. The molecule has 0 aliphatic rings. The normalized spacial score (nSPS) is 19.8. The molecule has 11 aromatic rings. The Balaban J connectivity index is 1.24. The lowest BCUT2D eigenvalue weighted by atomic mass is 9.99. The minimum atomic E-state index is -1.30. The van der Waals surface area contributed by atoms with E-state index in [1.165, 1.54) is 0 Å². The molecule has 4 heteroatoms. The molecule has 11 rings (SSSR count). The smallest absolute Gasteiger partial charge is 0.227 e. The molecule has 2 aromatic heterocycles. The summed E-state index contributed by atoms with van der Waals surface area (Å²) in [5.41, 5.74) is -9.83. The van der Waals surface area contributed by atoms with Crippen LogP contribution in [0.25, 0.3) is 88.3 Å². The van der Waals surface area contributed by atoms with Crippen LogP contribution in [-0.4, -0.2) is 4.98 Å². The van der Waals surface area contributed by atoms with Gasteiger partial charge in [0.15, 0.2) is 5.58 Å². The zero-order valence-electron chi connectivity index (χ0n) is 59.2.